The maximum absolute atomic E-state index is 13.1. The predicted octanol–water partition coefficient (Wildman–Crippen LogP) is 2.68. The molecule has 2 rings (SSSR count). The summed E-state index contributed by atoms with van der Waals surface area (Å²) in [6, 6.07) is 8.02. The lowest BCUT2D eigenvalue weighted by atomic mass is 9.97. The molecular formula is C27H41N3O6. The Balaban J connectivity index is 1.95. The van der Waals surface area contributed by atoms with Crippen LogP contribution in [0.5, 0.6) is 0 Å². The quantitative estimate of drug-likeness (QED) is 0.400. The number of carbonyl (C=O) groups is 4. The Morgan fingerprint density at radius 3 is 2.39 bits per heavy atom. The minimum atomic E-state index is -1.08. The van der Waals surface area contributed by atoms with Gasteiger partial charge in [-0.25, -0.2) is 4.79 Å². The first-order valence-electron chi connectivity index (χ1n) is 12.7. The molecule has 0 aliphatic carbocycles. The van der Waals surface area contributed by atoms with Gasteiger partial charge >= 0.3 is 5.97 Å². The van der Waals surface area contributed by atoms with Crippen molar-refractivity contribution < 1.29 is 29.0 Å². The number of aliphatic carboxylic acids is 1. The Hall–Kier alpha value is -2.94. The number of rotatable bonds is 13. The topological polar surface area (TPSA) is 116 Å². The van der Waals surface area contributed by atoms with Crippen LogP contribution < -0.4 is 5.32 Å². The van der Waals surface area contributed by atoms with E-state index in [2.05, 4.69) is 5.32 Å². The third kappa shape index (κ3) is 8.62. The van der Waals surface area contributed by atoms with E-state index in [1.807, 2.05) is 44.2 Å². The molecule has 0 bridgehead atoms. The first-order valence-corrected chi connectivity index (χ1v) is 12.7. The van der Waals surface area contributed by atoms with Crippen LogP contribution >= 0.6 is 0 Å². The van der Waals surface area contributed by atoms with Gasteiger partial charge in [-0.3, -0.25) is 14.4 Å². The van der Waals surface area contributed by atoms with Crippen molar-refractivity contribution in [3.05, 3.63) is 35.9 Å². The number of hydrogen-bond donors (Lipinski definition) is 2. The Labute approximate surface area is 214 Å². The number of carboxylic acid groups (broad SMARTS) is 1. The van der Waals surface area contributed by atoms with Crippen molar-refractivity contribution in [2.24, 2.45) is 11.8 Å². The summed E-state index contributed by atoms with van der Waals surface area (Å²) in [5, 5.41) is 12.3. The highest BCUT2D eigenvalue weighted by Crippen LogP contribution is 2.25. The van der Waals surface area contributed by atoms with Gasteiger partial charge in [0.25, 0.3) is 0 Å². The lowest BCUT2D eigenvalue weighted by Gasteiger charge is -2.31. The number of carbonyl (C=O) groups excluding carboxylic acids is 3. The summed E-state index contributed by atoms with van der Waals surface area (Å²) in [6.07, 6.45) is 2.02. The van der Waals surface area contributed by atoms with Gasteiger partial charge in [-0.05, 0) is 30.7 Å². The van der Waals surface area contributed by atoms with Crippen LogP contribution in [0.15, 0.2) is 30.3 Å². The molecule has 9 heteroatoms. The molecule has 1 aromatic rings. The molecule has 1 aromatic carbocycles. The molecule has 0 radical (unpaired) electrons. The first-order chi connectivity index (χ1) is 17.0. The van der Waals surface area contributed by atoms with E-state index in [0.717, 1.165) is 18.4 Å². The third-order valence-electron chi connectivity index (χ3n) is 6.70. The monoisotopic (exact) mass is 503 g/mol. The maximum Gasteiger partial charge on any atom is 0.326 e. The van der Waals surface area contributed by atoms with Crippen LogP contribution in [0.3, 0.4) is 0 Å². The molecule has 2 N–H and O–H groups in total. The number of hydrogen-bond acceptors (Lipinski definition) is 5. The van der Waals surface area contributed by atoms with Gasteiger partial charge in [0.15, 0.2) is 0 Å². The number of nitrogens with one attached hydrogen (secondary N) is 1. The molecule has 4 atom stereocenters. The zero-order valence-corrected chi connectivity index (χ0v) is 22.1. The summed E-state index contributed by atoms with van der Waals surface area (Å²) in [5.74, 6) is -1.87. The summed E-state index contributed by atoms with van der Waals surface area (Å²) < 4.78 is 5.45. The van der Waals surface area contributed by atoms with Crippen LogP contribution in [-0.4, -0.2) is 77.6 Å². The molecule has 0 unspecified atom stereocenters. The normalized spacial score (nSPS) is 17.9. The number of ether oxygens (including phenoxy) is 1. The molecule has 36 heavy (non-hydrogen) atoms. The largest absolute Gasteiger partial charge is 0.480 e. The standard InChI is InChI=1S/C27H41N3O6/c1-18(2)14-23(31)29(4)25(36-5)17-24(32)30-13-9-12-21(30)15-19(3)26(33)28-22(27(34)35)16-20-10-7-6-8-11-20/h6-8,10-11,18-19,21-22,25H,9,12-17H2,1-5H3,(H,28,33)(H,34,35)/t19-,21+,22-,25-/m1/s1. The van der Waals surface area contributed by atoms with Crippen LogP contribution in [0.2, 0.25) is 0 Å². The lowest BCUT2D eigenvalue weighted by molar-refractivity contribution is -0.148. The zero-order valence-electron chi connectivity index (χ0n) is 22.1. The van der Waals surface area contributed by atoms with E-state index in [-0.39, 0.29) is 42.5 Å². The fourth-order valence-corrected chi connectivity index (χ4v) is 4.59. The van der Waals surface area contributed by atoms with Crippen molar-refractivity contribution in [1.29, 1.82) is 0 Å². The fourth-order valence-electron chi connectivity index (χ4n) is 4.59. The summed E-state index contributed by atoms with van der Waals surface area (Å²) in [7, 11) is 3.13. The highest BCUT2D eigenvalue weighted by molar-refractivity contribution is 5.85. The molecule has 0 aromatic heterocycles. The first kappa shape index (κ1) is 29.3. The smallest absolute Gasteiger partial charge is 0.326 e. The maximum atomic E-state index is 13.1. The lowest BCUT2D eigenvalue weighted by Crippen LogP contribution is -2.47. The Morgan fingerprint density at radius 1 is 1.14 bits per heavy atom. The van der Waals surface area contributed by atoms with Gasteiger partial charge in [0.1, 0.15) is 12.3 Å². The summed E-state index contributed by atoms with van der Waals surface area (Å²) in [6.45, 7) is 6.27. The predicted molar refractivity (Wildman–Crippen MR) is 136 cm³/mol. The molecule has 1 saturated heterocycles. The van der Waals surface area contributed by atoms with Crippen LogP contribution in [0.25, 0.3) is 0 Å². The molecule has 1 aliphatic rings. The van der Waals surface area contributed by atoms with Crippen molar-refractivity contribution in [2.45, 2.75) is 77.6 Å². The van der Waals surface area contributed by atoms with Crippen molar-refractivity contribution in [2.75, 3.05) is 20.7 Å². The summed E-state index contributed by atoms with van der Waals surface area (Å²) in [5.41, 5.74) is 0.829. The second kappa shape index (κ2) is 14.0. The number of carboxylic acids is 1. The second-order valence-corrected chi connectivity index (χ2v) is 10.1. The second-order valence-electron chi connectivity index (χ2n) is 10.1. The Kier molecular flexibility index (Phi) is 11.4. The Bertz CT molecular complexity index is 891. The van der Waals surface area contributed by atoms with E-state index in [0.29, 0.717) is 19.4 Å². The van der Waals surface area contributed by atoms with Crippen molar-refractivity contribution in [3.8, 4) is 0 Å². The third-order valence-corrected chi connectivity index (χ3v) is 6.70. The molecule has 1 heterocycles. The summed E-state index contributed by atoms with van der Waals surface area (Å²) >= 11 is 0. The van der Waals surface area contributed by atoms with Gasteiger partial charge < -0.3 is 25.0 Å². The van der Waals surface area contributed by atoms with Crippen molar-refractivity contribution in [3.63, 3.8) is 0 Å². The van der Waals surface area contributed by atoms with E-state index < -0.39 is 24.2 Å². The molecule has 1 fully saturated rings. The highest BCUT2D eigenvalue weighted by atomic mass is 16.5. The molecule has 200 valence electrons. The van der Waals surface area contributed by atoms with E-state index in [1.165, 1.54) is 12.0 Å². The number of methoxy groups -OCH3 is 1. The molecule has 0 saturated carbocycles. The van der Waals surface area contributed by atoms with E-state index in [9.17, 15) is 24.3 Å². The fraction of sp³-hybridized carbons (Fsp3) is 0.630. The average molecular weight is 504 g/mol. The molecule has 9 nitrogen and oxygen atoms in total. The Morgan fingerprint density at radius 2 is 1.81 bits per heavy atom. The highest BCUT2D eigenvalue weighted by Gasteiger charge is 2.34. The van der Waals surface area contributed by atoms with Crippen LogP contribution in [0, 0.1) is 11.8 Å². The van der Waals surface area contributed by atoms with Crippen LogP contribution in [0.4, 0.5) is 0 Å². The summed E-state index contributed by atoms with van der Waals surface area (Å²) in [4.78, 5) is 53.4. The van der Waals surface area contributed by atoms with Crippen LogP contribution in [-0.2, 0) is 30.3 Å². The van der Waals surface area contributed by atoms with Gasteiger partial charge in [0.2, 0.25) is 17.7 Å². The van der Waals surface area contributed by atoms with Gasteiger partial charge in [0, 0.05) is 45.5 Å². The van der Waals surface area contributed by atoms with E-state index >= 15 is 0 Å². The number of benzene rings is 1. The van der Waals surface area contributed by atoms with E-state index in [4.69, 9.17) is 4.74 Å². The van der Waals surface area contributed by atoms with E-state index in [1.54, 1.807) is 18.9 Å². The van der Waals surface area contributed by atoms with Crippen molar-refractivity contribution >= 4 is 23.7 Å². The molecule has 3 amide bonds. The average Bonchev–Trinajstić information content (AvgIpc) is 3.29. The number of nitrogens with zero attached hydrogens (tertiary/aromatic N) is 2. The van der Waals surface area contributed by atoms with Gasteiger partial charge in [0.05, 0.1) is 6.42 Å². The van der Waals surface area contributed by atoms with Gasteiger partial charge in [-0.2, -0.15) is 0 Å². The number of amides is 3. The molecule has 1 aliphatic heterocycles. The van der Waals surface area contributed by atoms with Gasteiger partial charge in [-0.1, -0.05) is 51.1 Å². The SMILES string of the molecule is CO[C@H](CC(=O)N1CCC[C@H]1C[C@@H](C)C(=O)N[C@H](Cc1ccccc1)C(=O)O)N(C)C(=O)CC(C)C. The number of likely N-dealkylation sites (tertiary alicyclic amines) is 1. The van der Waals surface area contributed by atoms with Crippen LogP contribution in [0.1, 0.15) is 58.4 Å². The molecular weight excluding hydrogens is 462 g/mol. The zero-order chi connectivity index (χ0) is 26.8. The molecule has 0 spiro atoms. The van der Waals surface area contributed by atoms with Crippen molar-refractivity contribution in [1.82, 2.24) is 15.1 Å². The van der Waals surface area contributed by atoms with Gasteiger partial charge in [-0.15, -0.1) is 0 Å². The minimum Gasteiger partial charge on any atom is -0.480 e. The minimum absolute atomic E-state index is 0.0477.